The standard InChI is InChI=1S/C24H27ClFN3O4/c1-14(2)15-7-5-6-8-17(15)24(12-29(13-24)11-21(30)33-4)23(32)28-20-10-19(26)18(25)9-16(20)22(31)27-3/h5-10,14H,11-13H2,1-4H3,(H,27,31)(H,28,32). The van der Waals surface area contributed by atoms with Crippen LogP contribution in [0.1, 0.15) is 41.3 Å². The Kier molecular flexibility index (Phi) is 7.39. The van der Waals surface area contributed by atoms with Crippen molar-refractivity contribution in [3.63, 3.8) is 0 Å². The summed E-state index contributed by atoms with van der Waals surface area (Å²) in [5.74, 6) is -1.91. The van der Waals surface area contributed by atoms with Crippen LogP contribution in [0, 0.1) is 5.82 Å². The maximum absolute atomic E-state index is 14.2. The molecular formula is C24H27ClFN3O4. The van der Waals surface area contributed by atoms with Crippen LogP contribution in [0.4, 0.5) is 10.1 Å². The molecule has 0 saturated carbocycles. The minimum atomic E-state index is -0.995. The number of rotatable bonds is 7. The normalized spacial score (nSPS) is 15.0. The average molecular weight is 476 g/mol. The number of benzene rings is 2. The fourth-order valence-electron chi connectivity index (χ4n) is 4.16. The lowest BCUT2D eigenvalue weighted by Crippen LogP contribution is -2.66. The van der Waals surface area contributed by atoms with Crippen LogP contribution in [0.2, 0.25) is 5.02 Å². The fraction of sp³-hybridized carbons (Fsp3) is 0.375. The van der Waals surface area contributed by atoms with E-state index in [0.29, 0.717) is 0 Å². The molecule has 1 aliphatic rings. The van der Waals surface area contributed by atoms with Crippen molar-refractivity contribution in [2.24, 2.45) is 0 Å². The summed E-state index contributed by atoms with van der Waals surface area (Å²) in [7, 11) is 2.74. The third-order valence-corrected chi connectivity index (χ3v) is 6.17. The number of hydrogen-bond acceptors (Lipinski definition) is 5. The summed E-state index contributed by atoms with van der Waals surface area (Å²) in [6, 6.07) is 9.86. The Morgan fingerprint density at radius 1 is 1.21 bits per heavy atom. The van der Waals surface area contributed by atoms with Crippen LogP contribution in [0.5, 0.6) is 0 Å². The van der Waals surface area contributed by atoms with Gasteiger partial charge in [-0.25, -0.2) is 4.39 Å². The maximum Gasteiger partial charge on any atom is 0.319 e. The Morgan fingerprint density at radius 3 is 2.48 bits per heavy atom. The molecule has 176 valence electrons. The summed E-state index contributed by atoms with van der Waals surface area (Å²) in [4.78, 5) is 39.6. The van der Waals surface area contributed by atoms with E-state index in [2.05, 4.69) is 10.6 Å². The fourth-order valence-corrected chi connectivity index (χ4v) is 4.33. The number of anilines is 1. The number of carbonyl (C=O) groups excluding carboxylic acids is 3. The third kappa shape index (κ3) is 4.86. The highest BCUT2D eigenvalue weighted by atomic mass is 35.5. The van der Waals surface area contributed by atoms with Gasteiger partial charge in [-0.1, -0.05) is 49.7 Å². The van der Waals surface area contributed by atoms with Crippen LogP contribution < -0.4 is 10.6 Å². The second-order valence-electron chi connectivity index (χ2n) is 8.39. The zero-order chi connectivity index (χ0) is 24.3. The van der Waals surface area contributed by atoms with Gasteiger partial charge in [-0.05, 0) is 29.2 Å². The van der Waals surface area contributed by atoms with Crippen LogP contribution in [-0.4, -0.2) is 56.5 Å². The molecule has 1 heterocycles. The molecule has 0 spiro atoms. The number of ether oxygens (including phenoxy) is 1. The molecule has 7 nitrogen and oxygen atoms in total. The van der Waals surface area contributed by atoms with Gasteiger partial charge in [-0.15, -0.1) is 0 Å². The highest BCUT2D eigenvalue weighted by molar-refractivity contribution is 6.31. The van der Waals surface area contributed by atoms with Gasteiger partial charge in [0.15, 0.2) is 0 Å². The zero-order valence-electron chi connectivity index (χ0n) is 19.0. The van der Waals surface area contributed by atoms with Crippen LogP contribution in [0.25, 0.3) is 0 Å². The van der Waals surface area contributed by atoms with Crippen molar-refractivity contribution in [2.45, 2.75) is 25.2 Å². The molecule has 0 aromatic heterocycles. The quantitative estimate of drug-likeness (QED) is 0.600. The van der Waals surface area contributed by atoms with Gasteiger partial charge in [0.25, 0.3) is 5.91 Å². The molecule has 1 aliphatic heterocycles. The van der Waals surface area contributed by atoms with E-state index in [1.807, 2.05) is 43.0 Å². The summed E-state index contributed by atoms with van der Waals surface area (Å²) < 4.78 is 19.0. The molecule has 0 aliphatic carbocycles. The summed E-state index contributed by atoms with van der Waals surface area (Å²) >= 11 is 5.87. The van der Waals surface area contributed by atoms with Crippen LogP contribution in [0.15, 0.2) is 36.4 Å². The maximum atomic E-state index is 14.2. The van der Waals surface area contributed by atoms with E-state index in [0.717, 1.165) is 17.2 Å². The number of methoxy groups -OCH3 is 1. The van der Waals surface area contributed by atoms with Crippen LogP contribution in [-0.2, 0) is 19.7 Å². The lowest BCUT2D eigenvalue weighted by atomic mass is 9.69. The minimum absolute atomic E-state index is 0.0223. The summed E-state index contributed by atoms with van der Waals surface area (Å²) in [6.07, 6.45) is 0. The van der Waals surface area contributed by atoms with Gasteiger partial charge in [0.05, 0.1) is 35.3 Å². The molecular weight excluding hydrogens is 449 g/mol. The lowest BCUT2D eigenvalue weighted by Gasteiger charge is -2.49. The molecule has 2 aromatic rings. The molecule has 2 amide bonds. The summed E-state index contributed by atoms with van der Waals surface area (Å²) in [5.41, 5.74) is 0.906. The van der Waals surface area contributed by atoms with E-state index in [1.54, 1.807) is 0 Å². The number of likely N-dealkylation sites (tertiary alicyclic amines) is 1. The van der Waals surface area contributed by atoms with Gasteiger partial charge in [0.2, 0.25) is 5.91 Å². The van der Waals surface area contributed by atoms with Crippen molar-refractivity contribution in [2.75, 3.05) is 39.1 Å². The summed E-state index contributed by atoms with van der Waals surface area (Å²) in [6.45, 7) is 4.65. The first-order valence-corrected chi connectivity index (χ1v) is 10.9. The van der Waals surface area contributed by atoms with Crippen molar-refractivity contribution in [1.82, 2.24) is 10.2 Å². The van der Waals surface area contributed by atoms with E-state index >= 15 is 0 Å². The highest BCUT2D eigenvalue weighted by Crippen LogP contribution is 2.40. The average Bonchev–Trinajstić information content (AvgIpc) is 2.77. The van der Waals surface area contributed by atoms with Gasteiger partial charge < -0.3 is 15.4 Å². The molecule has 2 aromatic carbocycles. The number of carbonyl (C=O) groups is 3. The number of nitrogens with zero attached hydrogens (tertiary/aromatic N) is 1. The molecule has 1 fully saturated rings. The molecule has 0 radical (unpaired) electrons. The minimum Gasteiger partial charge on any atom is -0.468 e. The van der Waals surface area contributed by atoms with E-state index in [4.69, 9.17) is 16.3 Å². The van der Waals surface area contributed by atoms with Crippen molar-refractivity contribution in [3.8, 4) is 0 Å². The monoisotopic (exact) mass is 475 g/mol. The van der Waals surface area contributed by atoms with Gasteiger partial charge in [-0.3, -0.25) is 19.3 Å². The summed E-state index contributed by atoms with van der Waals surface area (Å²) in [5, 5.41) is 4.99. The number of halogens is 2. The van der Waals surface area contributed by atoms with E-state index < -0.39 is 29.0 Å². The van der Waals surface area contributed by atoms with E-state index in [-0.39, 0.29) is 41.8 Å². The molecule has 9 heteroatoms. The largest absolute Gasteiger partial charge is 0.468 e. The first-order chi connectivity index (χ1) is 15.6. The van der Waals surface area contributed by atoms with Crippen LogP contribution in [0.3, 0.4) is 0 Å². The molecule has 0 unspecified atom stereocenters. The van der Waals surface area contributed by atoms with Crippen LogP contribution >= 0.6 is 11.6 Å². The second kappa shape index (κ2) is 9.89. The van der Waals surface area contributed by atoms with E-state index in [9.17, 15) is 18.8 Å². The number of esters is 1. The number of nitrogens with one attached hydrogen (secondary N) is 2. The van der Waals surface area contributed by atoms with Crippen molar-refractivity contribution >= 4 is 35.1 Å². The first kappa shape index (κ1) is 24.7. The topological polar surface area (TPSA) is 87.7 Å². The SMILES string of the molecule is CNC(=O)c1cc(Cl)c(F)cc1NC(=O)C1(c2ccccc2C(C)C)CN(CC(=O)OC)C1. The lowest BCUT2D eigenvalue weighted by molar-refractivity contribution is -0.146. The molecule has 0 atom stereocenters. The Hall–Kier alpha value is -2.97. The molecule has 3 rings (SSSR count). The van der Waals surface area contributed by atoms with E-state index in [1.165, 1.54) is 20.2 Å². The van der Waals surface area contributed by atoms with Gasteiger partial charge >= 0.3 is 5.97 Å². The van der Waals surface area contributed by atoms with Crippen molar-refractivity contribution in [3.05, 3.63) is 63.9 Å². The second-order valence-corrected chi connectivity index (χ2v) is 8.80. The highest BCUT2D eigenvalue weighted by Gasteiger charge is 2.52. The first-order valence-electron chi connectivity index (χ1n) is 10.5. The van der Waals surface area contributed by atoms with Crippen molar-refractivity contribution in [1.29, 1.82) is 0 Å². The van der Waals surface area contributed by atoms with Gasteiger partial charge in [0, 0.05) is 20.1 Å². The Labute approximate surface area is 197 Å². The Bertz CT molecular complexity index is 1080. The molecule has 2 N–H and O–H groups in total. The third-order valence-electron chi connectivity index (χ3n) is 5.88. The Morgan fingerprint density at radius 2 is 1.88 bits per heavy atom. The number of amides is 2. The molecule has 0 bridgehead atoms. The molecule has 1 saturated heterocycles. The zero-order valence-corrected chi connectivity index (χ0v) is 19.8. The smallest absolute Gasteiger partial charge is 0.319 e. The predicted molar refractivity (Wildman–Crippen MR) is 124 cm³/mol. The predicted octanol–water partition coefficient (Wildman–Crippen LogP) is 3.33. The van der Waals surface area contributed by atoms with Gasteiger partial charge in [0.1, 0.15) is 5.82 Å². The van der Waals surface area contributed by atoms with Gasteiger partial charge in [-0.2, -0.15) is 0 Å². The van der Waals surface area contributed by atoms with Crippen molar-refractivity contribution < 1.29 is 23.5 Å². The number of hydrogen-bond donors (Lipinski definition) is 2. The Balaban J connectivity index is 2.02. The molecule has 33 heavy (non-hydrogen) atoms.